The van der Waals surface area contributed by atoms with E-state index in [2.05, 4.69) is 57.0 Å². The number of aromatic amines is 1. The molecule has 0 saturated carbocycles. The molecule has 5 aromatic carbocycles. The number of nitrogens with zero attached hydrogens (tertiary/aromatic N) is 2. The molecule has 12 nitrogen and oxygen atoms in total. The zero-order valence-electron chi connectivity index (χ0n) is 35.9. The van der Waals surface area contributed by atoms with Gasteiger partial charge in [-0.15, -0.1) is 0 Å². The minimum absolute atomic E-state index is 0.0152. The monoisotopic (exact) mass is 848 g/mol. The maximum atomic E-state index is 13.1. The Kier molecular flexibility index (Phi) is 15.0. The lowest BCUT2D eigenvalue weighted by Crippen LogP contribution is -2.40. The van der Waals surface area contributed by atoms with Gasteiger partial charge in [0.1, 0.15) is 11.9 Å². The number of aromatic hydroxyl groups is 1. The fourth-order valence-corrected chi connectivity index (χ4v) is 8.06. The van der Waals surface area contributed by atoms with Gasteiger partial charge in [0, 0.05) is 74.0 Å². The third-order valence-electron chi connectivity index (χ3n) is 11.7. The zero-order chi connectivity index (χ0) is 44.1. The number of nitrogens with one attached hydrogen (secondary N) is 4. The van der Waals surface area contributed by atoms with Gasteiger partial charge in [-0.25, -0.2) is 4.79 Å². The van der Waals surface area contributed by atoms with E-state index in [4.69, 9.17) is 4.74 Å². The molecule has 12 heteroatoms. The summed E-state index contributed by atoms with van der Waals surface area (Å²) in [4.78, 5) is 57.2. The molecule has 1 aliphatic heterocycles. The van der Waals surface area contributed by atoms with Gasteiger partial charge < -0.3 is 35.3 Å². The summed E-state index contributed by atoms with van der Waals surface area (Å²) in [6, 6.07) is 40.1. The van der Waals surface area contributed by atoms with Crippen LogP contribution in [0.15, 0.2) is 132 Å². The number of ether oxygens (including phenoxy) is 1. The van der Waals surface area contributed by atoms with Gasteiger partial charge in [-0.2, -0.15) is 0 Å². The maximum Gasteiger partial charge on any atom is 0.411 e. The molecule has 3 amide bonds. The molecule has 7 rings (SSSR count). The van der Waals surface area contributed by atoms with E-state index >= 15 is 0 Å². The number of likely N-dealkylation sites (tertiary alicyclic amines) is 1. The van der Waals surface area contributed by atoms with Crippen LogP contribution in [0, 0.1) is 0 Å². The minimum Gasteiger partial charge on any atom is -0.506 e. The normalized spacial score (nSPS) is 13.6. The number of phenolic OH excluding ortho intramolecular Hbond substituents is 1. The van der Waals surface area contributed by atoms with Crippen molar-refractivity contribution >= 4 is 40.2 Å². The molecule has 63 heavy (non-hydrogen) atoms. The largest absolute Gasteiger partial charge is 0.506 e. The van der Waals surface area contributed by atoms with E-state index in [1.165, 1.54) is 11.6 Å². The van der Waals surface area contributed by atoms with Crippen LogP contribution < -0.4 is 26.4 Å². The Morgan fingerprint density at radius 1 is 0.825 bits per heavy atom. The summed E-state index contributed by atoms with van der Waals surface area (Å²) in [6.07, 6.45) is 3.41. The van der Waals surface area contributed by atoms with Gasteiger partial charge in [0.05, 0.1) is 11.2 Å². The van der Waals surface area contributed by atoms with E-state index in [-0.39, 0.29) is 35.3 Å². The van der Waals surface area contributed by atoms with Gasteiger partial charge in [-0.1, -0.05) is 78.9 Å². The molecule has 1 saturated heterocycles. The quantitative estimate of drug-likeness (QED) is 0.0626. The Bertz CT molecular complexity index is 2540. The van der Waals surface area contributed by atoms with E-state index in [1.807, 2.05) is 60.7 Å². The molecule has 326 valence electrons. The van der Waals surface area contributed by atoms with Crippen molar-refractivity contribution in [3.05, 3.63) is 160 Å². The van der Waals surface area contributed by atoms with Gasteiger partial charge in [0.15, 0.2) is 0 Å². The van der Waals surface area contributed by atoms with Crippen LogP contribution in [0.2, 0.25) is 0 Å². The summed E-state index contributed by atoms with van der Waals surface area (Å²) in [6.45, 7) is 5.48. The second-order valence-corrected chi connectivity index (χ2v) is 16.2. The first-order valence-electron chi connectivity index (χ1n) is 21.7. The van der Waals surface area contributed by atoms with Crippen molar-refractivity contribution < 1.29 is 24.2 Å². The summed E-state index contributed by atoms with van der Waals surface area (Å²) in [5.41, 5.74) is 7.54. The fourth-order valence-electron chi connectivity index (χ4n) is 8.06. The number of carbonyl (C=O) groups is 3. The molecule has 0 radical (unpaired) electrons. The number of phenols is 1. The standard InChI is InChI=1S/C51H56N6O6/c1-35(52-30-25-39-18-22-46(58)49-44(39)21-23-47(59)55-49)34-37-14-12-36(13-15-37)24-29-53-50(61)40-16-19-41(20-17-40)56(2)48(60)28-33-57-31-26-42(27-32-57)63-51(62)54-45-11-7-6-10-43(45)38-8-4-3-5-9-38/h3-23,35,42,52,58H,24-34H2,1-2H3,(H,53,61)(H,54,62)(H,55,59)/t35-/m1/s1. The number of rotatable bonds is 17. The van der Waals surface area contributed by atoms with Crippen molar-refractivity contribution in [3.63, 3.8) is 0 Å². The predicted octanol–water partition coefficient (Wildman–Crippen LogP) is 7.70. The van der Waals surface area contributed by atoms with Crippen molar-refractivity contribution in [2.75, 3.05) is 50.0 Å². The van der Waals surface area contributed by atoms with E-state index in [0.717, 1.165) is 65.8 Å². The molecule has 0 bridgehead atoms. The molecule has 0 spiro atoms. The van der Waals surface area contributed by atoms with Crippen LogP contribution in [-0.2, 0) is 28.8 Å². The third kappa shape index (κ3) is 12.2. The molecule has 1 fully saturated rings. The smallest absolute Gasteiger partial charge is 0.411 e. The molecule has 0 unspecified atom stereocenters. The van der Waals surface area contributed by atoms with Crippen LogP contribution in [0.4, 0.5) is 16.2 Å². The van der Waals surface area contributed by atoms with Gasteiger partial charge in [-0.05, 0) is 110 Å². The molecule has 1 aliphatic rings. The highest BCUT2D eigenvalue weighted by molar-refractivity contribution is 5.96. The van der Waals surface area contributed by atoms with Gasteiger partial charge in [-0.3, -0.25) is 19.7 Å². The predicted molar refractivity (Wildman–Crippen MR) is 249 cm³/mol. The summed E-state index contributed by atoms with van der Waals surface area (Å²) in [7, 11) is 1.75. The van der Waals surface area contributed by atoms with Crippen LogP contribution in [0.1, 0.15) is 53.2 Å². The first-order valence-corrected chi connectivity index (χ1v) is 21.7. The summed E-state index contributed by atoms with van der Waals surface area (Å²) >= 11 is 0. The number of anilines is 2. The highest BCUT2D eigenvalue weighted by atomic mass is 16.6. The Morgan fingerprint density at radius 2 is 1.54 bits per heavy atom. The minimum atomic E-state index is -0.466. The zero-order valence-corrected chi connectivity index (χ0v) is 35.9. The summed E-state index contributed by atoms with van der Waals surface area (Å²) in [5, 5.41) is 20.5. The number of aromatic nitrogens is 1. The number of piperidine rings is 1. The number of hydrogen-bond acceptors (Lipinski definition) is 8. The lowest BCUT2D eigenvalue weighted by molar-refractivity contribution is -0.118. The number of hydrogen-bond donors (Lipinski definition) is 5. The summed E-state index contributed by atoms with van der Waals surface area (Å²) < 4.78 is 5.78. The fraction of sp³-hybridized carbons (Fsp3) is 0.294. The molecule has 2 heterocycles. The Morgan fingerprint density at radius 3 is 2.30 bits per heavy atom. The topological polar surface area (TPSA) is 156 Å². The second kappa shape index (κ2) is 21.4. The maximum absolute atomic E-state index is 13.1. The lowest BCUT2D eigenvalue weighted by Gasteiger charge is -2.31. The van der Waals surface area contributed by atoms with Gasteiger partial charge in [0.25, 0.3) is 5.91 Å². The SMILES string of the molecule is C[C@H](Cc1ccc(CCNC(=O)c2ccc(N(C)C(=O)CCN3CCC(OC(=O)Nc4ccccc4-c4ccccc4)CC3)cc2)cc1)NCCc1ccc(O)c2[nH]c(=O)ccc12. The van der Waals surface area contributed by atoms with Crippen molar-refractivity contribution in [3.8, 4) is 16.9 Å². The Hall–Kier alpha value is -6.76. The number of fused-ring (bicyclic) bond motifs is 1. The highest BCUT2D eigenvalue weighted by Gasteiger charge is 2.24. The average Bonchev–Trinajstić information content (AvgIpc) is 3.30. The number of carbonyl (C=O) groups excluding carboxylic acids is 3. The van der Waals surface area contributed by atoms with Gasteiger partial charge in [0.2, 0.25) is 11.5 Å². The average molecular weight is 849 g/mol. The number of pyridine rings is 1. The molecule has 0 aliphatic carbocycles. The Balaban J connectivity index is 0.769. The number of benzene rings is 5. The van der Waals surface area contributed by atoms with Crippen LogP contribution in [0.5, 0.6) is 5.75 Å². The van der Waals surface area contributed by atoms with Crippen LogP contribution in [0.3, 0.4) is 0 Å². The van der Waals surface area contributed by atoms with Crippen molar-refractivity contribution in [2.45, 2.75) is 57.6 Å². The second-order valence-electron chi connectivity index (χ2n) is 16.2. The van der Waals surface area contributed by atoms with Crippen LogP contribution in [0.25, 0.3) is 22.0 Å². The van der Waals surface area contributed by atoms with Crippen LogP contribution >= 0.6 is 0 Å². The molecule has 1 aromatic heterocycles. The van der Waals surface area contributed by atoms with Gasteiger partial charge >= 0.3 is 6.09 Å². The molecular weight excluding hydrogens is 793 g/mol. The van der Waals surface area contributed by atoms with E-state index in [9.17, 15) is 24.3 Å². The Labute approximate surface area is 368 Å². The highest BCUT2D eigenvalue weighted by Crippen LogP contribution is 2.28. The van der Waals surface area contributed by atoms with Crippen molar-refractivity contribution in [1.29, 1.82) is 0 Å². The first-order chi connectivity index (χ1) is 30.6. The summed E-state index contributed by atoms with van der Waals surface area (Å²) in [5.74, 6) is -0.111. The van der Waals surface area contributed by atoms with Crippen molar-refractivity contribution in [2.24, 2.45) is 0 Å². The number of amides is 3. The molecule has 5 N–H and O–H groups in total. The van der Waals surface area contributed by atoms with E-state index < -0.39 is 6.09 Å². The van der Waals surface area contributed by atoms with E-state index in [0.29, 0.717) is 55.5 Å². The lowest BCUT2D eigenvalue weighted by atomic mass is 10.0. The van der Waals surface area contributed by atoms with E-state index in [1.54, 1.807) is 48.3 Å². The number of H-pyrrole nitrogens is 1. The van der Waals surface area contributed by atoms with Crippen LogP contribution in [-0.4, -0.2) is 84.8 Å². The number of para-hydroxylation sites is 1. The van der Waals surface area contributed by atoms with Crippen molar-refractivity contribution in [1.82, 2.24) is 20.5 Å². The third-order valence-corrected chi connectivity index (χ3v) is 11.7. The molecule has 6 aromatic rings. The molecular formula is C51H56N6O6. The first kappa shape index (κ1) is 44.3. The molecule has 1 atom stereocenters.